The fourth-order valence-corrected chi connectivity index (χ4v) is 4.82. The molecule has 10 heteroatoms. The quantitative estimate of drug-likeness (QED) is 0.426. The number of fused-ring (bicyclic) bond motifs is 1. The molecule has 164 valence electrons. The molecule has 0 saturated heterocycles. The Morgan fingerprint density at radius 2 is 1.73 bits per heavy atom. The van der Waals surface area contributed by atoms with Crippen molar-refractivity contribution in [2.24, 2.45) is 5.73 Å². The number of hydrogen-bond acceptors (Lipinski definition) is 7. The molecular weight excluding hydrogens is 410 g/mol. The first kappa shape index (κ1) is 23.6. The van der Waals surface area contributed by atoms with E-state index in [1.165, 1.54) is 6.07 Å². The van der Waals surface area contributed by atoms with Crippen molar-refractivity contribution in [2.45, 2.75) is 37.1 Å². The van der Waals surface area contributed by atoms with E-state index in [1.807, 2.05) is 25.1 Å². The Kier molecular flexibility index (Phi) is 7.77. The third kappa shape index (κ3) is 5.07. The number of sulfonamides is 1. The molecule has 0 amide bonds. The van der Waals surface area contributed by atoms with Crippen molar-refractivity contribution in [1.82, 2.24) is 4.47 Å². The average molecular weight is 438 g/mol. The lowest BCUT2D eigenvalue weighted by Gasteiger charge is -2.27. The van der Waals surface area contributed by atoms with Crippen molar-refractivity contribution < 1.29 is 28.0 Å². The van der Waals surface area contributed by atoms with Gasteiger partial charge >= 0.3 is 11.9 Å². The minimum Gasteiger partial charge on any atom is -0.480 e. The highest BCUT2D eigenvalue weighted by Gasteiger charge is 2.39. The maximum Gasteiger partial charge on any atom is 0.325 e. The van der Waals surface area contributed by atoms with E-state index in [0.29, 0.717) is 34.6 Å². The number of benzene rings is 2. The number of carboxylic acids is 1. The zero-order valence-corrected chi connectivity index (χ0v) is 18.1. The van der Waals surface area contributed by atoms with Crippen LogP contribution >= 0.6 is 0 Å². The first-order valence-electron chi connectivity index (χ1n) is 9.46. The first-order valence-corrected chi connectivity index (χ1v) is 10.9. The molecule has 0 spiro atoms. The van der Waals surface area contributed by atoms with Crippen LogP contribution in [0.3, 0.4) is 0 Å². The molecule has 0 unspecified atom stereocenters. The van der Waals surface area contributed by atoms with Gasteiger partial charge < -0.3 is 20.6 Å². The van der Waals surface area contributed by atoms with Gasteiger partial charge in [-0.1, -0.05) is 24.3 Å². The molecular formula is C20H27N3O6S. The van der Waals surface area contributed by atoms with E-state index in [0.717, 1.165) is 12.6 Å². The second kappa shape index (κ2) is 9.88. The molecule has 2 aromatic rings. The van der Waals surface area contributed by atoms with Gasteiger partial charge in [0.15, 0.2) is 6.04 Å². The summed E-state index contributed by atoms with van der Waals surface area (Å²) in [6, 6.07) is 8.32. The van der Waals surface area contributed by atoms with Crippen LogP contribution in [0, 0.1) is 0 Å². The van der Waals surface area contributed by atoms with E-state index in [4.69, 9.17) is 10.6 Å². The maximum absolute atomic E-state index is 13.5. The fraction of sp³-hybridized carbons (Fsp3) is 0.400. The Morgan fingerprint density at radius 1 is 1.10 bits per heavy atom. The summed E-state index contributed by atoms with van der Waals surface area (Å²) in [6.45, 7) is 1.36. The largest absolute Gasteiger partial charge is 0.480 e. The molecule has 3 N–H and O–H groups in total. The van der Waals surface area contributed by atoms with Gasteiger partial charge in [-0.2, -0.15) is 0 Å². The van der Waals surface area contributed by atoms with Crippen molar-refractivity contribution in [3.05, 3.63) is 36.4 Å². The van der Waals surface area contributed by atoms with Gasteiger partial charge in [0, 0.05) is 37.5 Å². The van der Waals surface area contributed by atoms with E-state index in [1.54, 1.807) is 24.3 Å². The fourth-order valence-electron chi connectivity index (χ4n) is 3.18. The molecule has 0 aliphatic heterocycles. The molecule has 9 nitrogen and oxygen atoms in total. The zero-order valence-electron chi connectivity index (χ0n) is 17.2. The number of carboxylic acid groups (broad SMARTS) is 1. The van der Waals surface area contributed by atoms with E-state index >= 15 is 0 Å². The second-order valence-corrected chi connectivity index (χ2v) is 8.75. The summed E-state index contributed by atoms with van der Waals surface area (Å²) in [5.74, 6) is -2.34. The van der Waals surface area contributed by atoms with E-state index in [9.17, 15) is 23.1 Å². The third-order valence-corrected chi connectivity index (χ3v) is 6.26. The summed E-state index contributed by atoms with van der Waals surface area (Å²) >= 11 is 0. The highest BCUT2D eigenvalue weighted by Crippen LogP contribution is 2.32. The zero-order chi connectivity index (χ0) is 22.5. The van der Waals surface area contributed by atoms with E-state index in [-0.39, 0.29) is 11.3 Å². The Balaban J connectivity index is 2.65. The summed E-state index contributed by atoms with van der Waals surface area (Å²) in [5, 5.41) is 10.7. The summed E-state index contributed by atoms with van der Waals surface area (Å²) < 4.78 is 27.3. The number of rotatable bonds is 10. The van der Waals surface area contributed by atoms with Gasteiger partial charge in [0.25, 0.3) is 10.0 Å². The minimum atomic E-state index is -4.49. The normalized spacial score (nSPS) is 12.7. The van der Waals surface area contributed by atoms with Gasteiger partial charge in [-0.25, -0.2) is 8.42 Å². The molecule has 30 heavy (non-hydrogen) atoms. The number of nitrogens with zero attached hydrogens (tertiary/aromatic N) is 2. The Labute approximate surface area is 176 Å². The lowest BCUT2D eigenvalue weighted by molar-refractivity contribution is -0.179. The molecule has 0 aliphatic rings. The first-order chi connectivity index (χ1) is 14.1. The summed E-state index contributed by atoms with van der Waals surface area (Å²) in [5.41, 5.74) is 6.25. The number of hydrogen-bond donors (Lipinski definition) is 2. The summed E-state index contributed by atoms with van der Waals surface area (Å²) in [6.07, 6.45) is 0.825. The number of nitrogens with two attached hydrogens (primary N) is 1. The number of carbonyl (C=O) groups excluding carboxylic acids is 1. The molecule has 0 bridgehead atoms. The molecule has 0 fully saturated rings. The van der Waals surface area contributed by atoms with Crippen LogP contribution in [0.25, 0.3) is 10.8 Å². The number of hydroxylamine groups is 1. The lowest BCUT2D eigenvalue weighted by Crippen LogP contribution is -2.46. The van der Waals surface area contributed by atoms with Crippen molar-refractivity contribution >= 4 is 38.4 Å². The van der Waals surface area contributed by atoms with Crippen LogP contribution in [-0.4, -0.2) is 56.6 Å². The van der Waals surface area contributed by atoms with Gasteiger partial charge in [0.05, 0.1) is 4.90 Å². The topological polar surface area (TPSA) is 130 Å². The smallest absolute Gasteiger partial charge is 0.325 e. The van der Waals surface area contributed by atoms with E-state index in [2.05, 4.69) is 0 Å². The molecule has 0 aliphatic carbocycles. The maximum atomic E-state index is 13.5. The van der Waals surface area contributed by atoms with Crippen molar-refractivity contribution in [3.63, 3.8) is 0 Å². The van der Waals surface area contributed by atoms with Gasteiger partial charge in [-0.05, 0) is 42.4 Å². The Morgan fingerprint density at radius 3 is 2.30 bits per heavy atom. The number of aliphatic carboxylic acids is 1. The molecule has 0 aromatic heterocycles. The van der Waals surface area contributed by atoms with Crippen LogP contribution in [0.1, 0.15) is 26.2 Å². The molecule has 0 heterocycles. The number of unbranched alkanes of at least 4 members (excludes halogenated alkanes) is 1. The van der Waals surface area contributed by atoms with Gasteiger partial charge in [0.1, 0.15) is 0 Å². The van der Waals surface area contributed by atoms with Crippen LogP contribution in [0.5, 0.6) is 0 Å². The van der Waals surface area contributed by atoms with Crippen molar-refractivity contribution in [3.8, 4) is 0 Å². The van der Waals surface area contributed by atoms with Crippen molar-refractivity contribution in [1.29, 1.82) is 0 Å². The predicted octanol–water partition coefficient (Wildman–Crippen LogP) is 1.96. The summed E-state index contributed by atoms with van der Waals surface area (Å²) in [7, 11) is -0.822. The second-order valence-electron chi connectivity index (χ2n) is 7.00. The Bertz CT molecular complexity index is 1020. The molecule has 0 saturated carbocycles. The highest BCUT2D eigenvalue weighted by molar-refractivity contribution is 7.89. The number of carbonyl (C=O) groups is 2. The average Bonchev–Trinajstić information content (AvgIpc) is 2.68. The van der Waals surface area contributed by atoms with Crippen LogP contribution in [0.15, 0.2) is 41.3 Å². The minimum absolute atomic E-state index is 0.0489. The summed E-state index contributed by atoms with van der Waals surface area (Å²) in [4.78, 5) is 30.1. The molecule has 0 radical (unpaired) electrons. The van der Waals surface area contributed by atoms with E-state index < -0.39 is 28.0 Å². The van der Waals surface area contributed by atoms with Crippen LogP contribution < -0.4 is 10.6 Å². The van der Waals surface area contributed by atoms with Crippen LogP contribution in [0.4, 0.5) is 5.69 Å². The van der Waals surface area contributed by atoms with Crippen LogP contribution in [0.2, 0.25) is 0 Å². The lowest BCUT2D eigenvalue weighted by atomic mass is 10.1. The SMILES string of the molecule is CC(=O)ON([C@@H](CCCCN)C(=O)O)S(=O)(=O)c1cccc2c(N(C)C)cccc12. The van der Waals surface area contributed by atoms with Crippen LogP contribution in [-0.2, 0) is 24.4 Å². The Hall–Kier alpha value is -2.69. The standard InChI is InChI=1S/C20H27N3O6S/c1-14(24)29-23(18(20(25)26)10-4-5-13-21)30(27,28)19-12-7-8-15-16(19)9-6-11-17(15)22(2)3/h6-9,11-12,18H,4-5,10,13,21H2,1-3H3,(H,25,26)/t18-/m0/s1. The molecule has 2 aromatic carbocycles. The highest BCUT2D eigenvalue weighted by atomic mass is 32.2. The van der Waals surface area contributed by atoms with Gasteiger partial charge in [-0.3, -0.25) is 9.59 Å². The van der Waals surface area contributed by atoms with Gasteiger partial charge in [0.2, 0.25) is 0 Å². The molecule has 2 rings (SSSR count). The van der Waals surface area contributed by atoms with Gasteiger partial charge in [-0.15, -0.1) is 0 Å². The monoisotopic (exact) mass is 437 g/mol. The number of anilines is 1. The third-order valence-electron chi connectivity index (χ3n) is 4.55. The molecule has 1 atom stereocenters. The van der Waals surface area contributed by atoms with Crippen molar-refractivity contribution in [2.75, 3.05) is 25.5 Å². The predicted molar refractivity (Wildman–Crippen MR) is 113 cm³/mol.